The lowest BCUT2D eigenvalue weighted by Crippen LogP contribution is -2.57. The molecular weight excluding hydrogens is 360 g/mol. The number of rotatable bonds is 2. The molecule has 4 nitrogen and oxygen atoms in total. The van der Waals surface area contributed by atoms with E-state index >= 15 is 0 Å². The van der Waals surface area contributed by atoms with Gasteiger partial charge >= 0.3 is 0 Å². The fourth-order valence-electron chi connectivity index (χ4n) is 5.51. The number of nitrogens with zero attached hydrogens (tertiary/aromatic N) is 2. The molecule has 6 atom stereocenters. The van der Waals surface area contributed by atoms with Crippen LogP contribution in [0.2, 0.25) is 0 Å². The number of piperazine rings is 1. The van der Waals surface area contributed by atoms with E-state index in [1.54, 1.807) is 0 Å². The van der Waals surface area contributed by atoms with E-state index in [2.05, 4.69) is 44.7 Å². The summed E-state index contributed by atoms with van der Waals surface area (Å²) in [6, 6.07) is 1.09. The molecule has 0 aromatic carbocycles. The van der Waals surface area contributed by atoms with Gasteiger partial charge in [0.1, 0.15) is 0 Å². The second-order valence-corrected chi connectivity index (χ2v) is 9.42. The van der Waals surface area contributed by atoms with Gasteiger partial charge in [0, 0.05) is 38.3 Å². The van der Waals surface area contributed by atoms with E-state index in [1.165, 1.54) is 25.7 Å². The van der Waals surface area contributed by atoms with Crippen molar-refractivity contribution in [3.05, 3.63) is 24.3 Å². The van der Waals surface area contributed by atoms with Crippen LogP contribution in [0.5, 0.6) is 0 Å². The number of hydrogen-bond acceptors (Lipinski definition) is 2. The monoisotopic (exact) mass is 388 g/mol. The van der Waals surface area contributed by atoms with Crippen LogP contribution in [0.1, 0.15) is 25.7 Å². The predicted molar refractivity (Wildman–Crippen MR) is 113 cm³/mol. The van der Waals surface area contributed by atoms with Gasteiger partial charge in [0.05, 0.1) is 0 Å². The van der Waals surface area contributed by atoms with Crippen molar-refractivity contribution in [2.75, 3.05) is 26.2 Å². The van der Waals surface area contributed by atoms with Crippen LogP contribution in [-0.4, -0.2) is 58.3 Å². The summed E-state index contributed by atoms with van der Waals surface area (Å²) in [6.45, 7) is 3.84. The lowest BCUT2D eigenvalue weighted by atomic mass is 10.0. The smallest absolute Gasteiger partial charge is 0.169 e. The normalized spacial score (nSPS) is 39.7. The van der Waals surface area contributed by atoms with Gasteiger partial charge in [0.2, 0.25) is 0 Å². The molecule has 4 bridgehead atoms. The summed E-state index contributed by atoms with van der Waals surface area (Å²) >= 11 is 11.4. The summed E-state index contributed by atoms with van der Waals surface area (Å²) in [5.41, 5.74) is 0. The van der Waals surface area contributed by atoms with Crippen LogP contribution >= 0.6 is 24.4 Å². The zero-order valence-corrected chi connectivity index (χ0v) is 16.8. The largest absolute Gasteiger partial charge is 0.359 e. The summed E-state index contributed by atoms with van der Waals surface area (Å²) < 4.78 is 0. The molecule has 0 radical (unpaired) electrons. The van der Waals surface area contributed by atoms with Crippen molar-refractivity contribution in [2.45, 2.75) is 37.8 Å². The van der Waals surface area contributed by atoms with Crippen molar-refractivity contribution in [2.24, 2.45) is 23.7 Å². The maximum Gasteiger partial charge on any atom is 0.169 e. The highest BCUT2D eigenvalue weighted by Gasteiger charge is 2.38. The minimum Gasteiger partial charge on any atom is -0.359 e. The topological polar surface area (TPSA) is 30.5 Å². The maximum atomic E-state index is 5.70. The molecule has 5 aliphatic rings. The molecule has 5 rings (SSSR count). The Morgan fingerprint density at radius 2 is 1.08 bits per heavy atom. The van der Waals surface area contributed by atoms with E-state index in [0.29, 0.717) is 23.9 Å². The molecule has 1 heterocycles. The van der Waals surface area contributed by atoms with Gasteiger partial charge in [-0.25, -0.2) is 0 Å². The standard InChI is InChI=1S/C20H28N4S2/c25-19(21-17-11-13-1-3-15(17)9-13)23-5-7-24(8-6-23)20(26)22-18-12-14-2-4-16(18)10-14/h1-4,13-18H,5-12H2,(H,21,25)(H,22,26)/t13-,14-,15-,16-,17-,18-/m0/s1. The van der Waals surface area contributed by atoms with Crippen LogP contribution in [-0.2, 0) is 0 Å². The first kappa shape index (κ1) is 17.0. The van der Waals surface area contributed by atoms with Gasteiger partial charge in [-0.2, -0.15) is 0 Å². The van der Waals surface area contributed by atoms with E-state index in [1.807, 2.05) is 0 Å². The van der Waals surface area contributed by atoms with Crippen LogP contribution in [0.4, 0.5) is 0 Å². The Morgan fingerprint density at radius 3 is 1.38 bits per heavy atom. The third-order valence-electron chi connectivity index (χ3n) is 7.03. The van der Waals surface area contributed by atoms with Crippen molar-refractivity contribution in [1.82, 2.24) is 20.4 Å². The molecule has 26 heavy (non-hydrogen) atoms. The zero-order valence-electron chi connectivity index (χ0n) is 15.1. The molecular formula is C20H28N4S2. The van der Waals surface area contributed by atoms with Gasteiger partial charge in [-0.3, -0.25) is 0 Å². The summed E-state index contributed by atoms with van der Waals surface area (Å²) in [5, 5.41) is 9.14. The molecule has 2 N–H and O–H groups in total. The Kier molecular flexibility index (Phi) is 4.44. The Hall–Kier alpha value is -1.14. The first-order valence-corrected chi connectivity index (χ1v) is 10.9. The Balaban J connectivity index is 1.08. The van der Waals surface area contributed by atoms with Gasteiger partial charge in [-0.05, 0) is 73.8 Å². The van der Waals surface area contributed by atoms with Crippen molar-refractivity contribution >= 4 is 34.7 Å². The predicted octanol–water partition coefficient (Wildman–Crippen LogP) is 2.28. The number of allylic oxidation sites excluding steroid dienone is 2. The summed E-state index contributed by atoms with van der Waals surface area (Å²) in [5.74, 6) is 2.93. The van der Waals surface area contributed by atoms with Gasteiger partial charge in [-0.1, -0.05) is 24.3 Å². The van der Waals surface area contributed by atoms with Crippen LogP contribution in [0.15, 0.2) is 24.3 Å². The summed E-state index contributed by atoms with van der Waals surface area (Å²) in [6.07, 6.45) is 14.6. The highest BCUT2D eigenvalue weighted by Crippen LogP contribution is 2.39. The number of hydrogen-bond donors (Lipinski definition) is 2. The molecule has 4 aliphatic carbocycles. The van der Waals surface area contributed by atoms with Gasteiger partial charge in [0.25, 0.3) is 0 Å². The van der Waals surface area contributed by atoms with E-state index in [4.69, 9.17) is 24.4 Å². The molecule has 0 aromatic heterocycles. The van der Waals surface area contributed by atoms with Gasteiger partial charge in [0.15, 0.2) is 10.2 Å². The molecule has 0 aromatic rings. The first-order valence-electron chi connectivity index (χ1n) is 10.1. The van der Waals surface area contributed by atoms with Crippen LogP contribution in [0, 0.1) is 23.7 Å². The average Bonchev–Trinajstić information content (AvgIpc) is 3.43. The van der Waals surface area contributed by atoms with Crippen molar-refractivity contribution in [1.29, 1.82) is 0 Å². The number of thiocarbonyl (C=S) groups is 2. The first-order chi connectivity index (χ1) is 12.7. The molecule has 3 fully saturated rings. The quantitative estimate of drug-likeness (QED) is 0.558. The van der Waals surface area contributed by atoms with Crippen LogP contribution in [0.25, 0.3) is 0 Å². The summed E-state index contributed by atoms with van der Waals surface area (Å²) in [4.78, 5) is 4.65. The fourth-order valence-corrected chi connectivity index (χ4v) is 6.17. The molecule has 6 heteroatoms. The Morgan fingerprint density at radius 1 is 0.654 bits per heavy atom. The minimum atomic E-state index is 0.545. The van der Waals surface area contributed by atoms with Crippen LogP contribution < -0.4 is 10.6 Å². The molecule has 0 spiro atoms. The van der Waals surface area contributed by atoms with Crippen molar-refractivity contribution in [3.8, 4) is 0 Å². The van der Waals surface area contributed by atoms with Crippen LogP contribution in [0.3, 0.4) is 0 Å². The third-order valence-corrected chi connectivity index (χ3v) is 7.78. The lowest BCUT2D eigenvalue weighted by molar-refractivity contribution is 0.249. The highest BCUT2D eigenvalue weighted by atomic mass is 32.1. The van der Waals surface area contributed by atoms with E-state index in [-0.39, 0.29) is 0 Å². The van der Waals surface area contributed by atoms with E-state index in [0.717, 1.165) is 48.2 Å². The second-order valence-electron chi connectivity index (χ2n) is 8.65. The fraction of sp³-hybridized carbons (Fsp3) is 0.700. The average molecular weight is 389 g/mol. The molecule has 0 amide bonds. The molecule has 1 saturated heterocycles. The second kappa shape index (κ2) is 6.79. The Labute approximate surface area is 167 Å². The summed E-state index contributed by atoms with van der Waals surface area (Å²) in [7, 11) is 0. The Bertz CT molecular complexity index is 596. The minimum absolute atomic E-state index is 0.545. The SMILES string of the molecule is S=C(N[C@H]1C[C@H]2C=C[C@H]1C2)N1CCN(C(=S)N[C@H]2C[C@H]3C=C[C@H]2C3)CC1. The highest BCUT2D eigenvalue weighted by molar-refractivity contribution is 7.80. The molecule has 1 aliphatic heterocycles. The molecule has 0 unspecified atom stereocenters. The van der Waals surface area contributed by atoms with Gasteiger partial charge < -0.3 is 20.4 Å². The maximum absolute atomic E-state index is 5.70. The van der Waals surface area contributed by atoms with Crippen molar-refractivity contribution < 1.29 is 0 Å². The van der Waals surface area contributed by atoms with E-state index < -0.39 is 0 Å². The number of fused-ring (bicyclic) bond motifs is 4. The molecule has 140 valence electrons. The third kappa shape index (κ3) is 3.15. The van der Waals surface area contributed by atoms with E-state index in [9.17, 15) is 0 Å². The molecule has 2 saturated carbocycles. The number of nitrogens with one attached hydrogen (secondary N) is 2. The lowest BCUT2D eigenvalue weighted by Gasteiger charge is -2.39. The van der Waals surface area contributed by atoms with Crippen molar-refractivity contribution in [3.63, 3.8) is 0 Å². The zero-order chi connectivity index (χ0) is 17.7. The van der Waals surface area contributed by atoms with Gasteiger partial charge in [-0.15, -0.1) is 0 Å².